The third kappa shape index (κ3) is 6.91. The molecule has 2 amide bonds. The monoisotopic (exact) mass is 543 g/mol. The predicted molar refractivity (Wildman–Crippen MR) is 74.3 cm³/mol. The van der Waals surface area contributed by atoms with Gasteiger partial charge in [0.15, 0.2) is 0 Å². The molecule has 8 heteroatoms. The van der Waals surface area contributed by atoms with Gasteiger partial charge < -0.3 is 25.9 Å². The van der Waals surface area contributed by atoms with Crippen LogP contribution in [0, 0.1) is 5.92 Å². The molecule has 4 N–H and O–H groups in total. The van der Waals surface area contributed by atoms with Gasteiger partial charge in [0.2, 0.25) is 5.91 Å². The topological polar surface area (TPSA) is 111 Å². The van der Waals surface area contributed by atoms with Gasteiger partial charge in [0.05, 0.1) is 12.6 Å². The largest absolute Gasteiger partial charge is 0.520 e. The van der Waals surface area contributed by atoms with Crippen LogP contribution < -0.4 is 16.4 Å². The first-order valence-electron chi connectivity index (χ1n) is 6.81. The summed E-state index contributed by atoms with van der Waals surface area (Å²) >= 11 is 0. The van der Waals surface area contributed by atoms with Crippen LogP contribution >= 0.6 is 0 Å². The number of ether oxygens (including phenoxy) is 1. The molecule has 0 aliphatic carbocycles. The second-order valence-corrected chi connectivity index (χ2v) is 4.50. The van der Waals surface area contributed by atoms with Gasteiger partial charge in [0.1, 0.15) is 6.04 Å². The number of hydrogen-bond donors (Lipinski definition) is 3. The molecule has 0 saturated heterocycles. The molecule has 3 atom stereocenters. The van der Waals surface area contributed by atoms with E-state index in [1.807, 2.05) is 6.92 Å². The van der Waals surface area contributed by atoms with Crippen LogP contribution in [-0.2, 0) is 19.1 Å². The average Bonchev–Trinajstić information content (AvgIpc) is 2.42. The Labute approximate surface area is 119 Å². The molecule has 0 fully saturated rings. The molecule has 21 heavy (non-hydrogen) atoms. The van der Waals surface area contributed by atoms with E-state index in [0.29, 0.717) is 19.4 Å². The van der Waals surface area contributed by atoms with Gasteiger partial charge in [-0.3, -0.25) is 4.79 Å². The van der Waals surface area contributed by atoms with E-state index in [1.165, 1.54) is 6.41 Å². The van der Waals surface area contributed by atoms with Gasteiger partial charge in [-0.15, -0.1) is 0 Å². The zero-order chi connectivity index (χ0) is 15.5. The fourth-order valence-electron chi connectivity index (χ4n) is 1.77. The molecule has 0 aliphatic heterocycles. The first-order chi connectivity index (χ1) is 9.51. The number of amides is 2. The Kier molecular flexibility index (Phi) is 11.0. The molecule has 0 aliphatic rings. The Balaban J connectivity index is 0. The van der Waals surface area contributed by atoms with Crippen molar-refractivity contribution in [3.05, 3.63) is 0 Å². The summed E-state index contributed by atoms with van der Waals surface area (Å²) in [6, 6.07) is -1.48. The third-order valence-electron chi connectivity index (χ3n) is 2.99. The molecule has 0 spiro atoms. The van der Waals surface area contributed by atoms with Crippen LogP contribution in [0.2, 0.25) is 0 Å². The zero-order valence-corrected chi connectivity index (χ0v) is 15.0. The molecule has 0 bridgehead atoms. The van der Waals surface area contributed by atoms with Crippen LogP contribution in [0.5, 0.6) is 0 Å². The van der Waals surface area contributed by atoms with Crippen molar-refractivity contribution in [3.8, 4) is 0 Å². The molecular formula is C13H24FmN3O4-. The van der Waals surface area contributed by atoms with E-state index in [-0.39, 0.29) is 12.5 Å². The molecule has 0 aromatic carbocycles. The van der Waals surface area contributed by atoms with Gasteiger partial charge in [0, 0.05) is 0 Å². The quantitative estimate of drug-likeness (QED) is 0.195. The number of carbonyl (C=O) groups is 2. The minimum Gasteiger partial charge on any atom is -0.520 e. The van der Waals surface area contributed by atoms with E-state index >= 15 is 0 Å². The van der Waals surface area contributed by atoms with Crippen LogP contribution in [0.4, 0.5) is 0 Å². The fourth-order valence-corrected chi connectivity index (χ4v) is 1.77. The molecule has 0 saturated carbocycles. The van der Waals surface area contributed by atoms with Gasteiger partial charge in [0.25, 0.3) is 0 Å². The van der Waals surface area contributed by atoms with Crippen molar-refractivity contribution in [2.24, 2.45) is 11.7 Å². The molecular weight excluding hydrogens is 519 g/mol. The number of hydrogen-bond acceptors (Lipinski definition) is 5. The van der Waals surface area contributed by atoms with Crippen molar-refractivity contribution in [1.29, 1.82) is 0 Å². The van der Waals surface area contributed by atoms with E-state index in [9.17, 15) is 14.4 Å². The smallest absolute Gasteiger partial charge is 0.328 e. The number of nitrogens with one attached hydrogen (secondary N) is 2. The van der Waals surface area contributed by atoms with E-state index in [0.717, 1.165) is 0 Å². The van der Waals surface area contributed by atoms with Gasteiger partial charge in [-0.1, -0.05) is 13.8 Å². The predicted octanol–water partition coefficient (Wildman–Crippen LogP) is -0.545. The van der Waals surface area contributed by atoms with E-state index in [4.69, 9.17) is 10.5 Å². The maximum atomic E-state index is 12.0. The summed E-state index contributed by atoms with van der Waals surface area (Å²) in [6.07, 6.45) is 2.47. The van der Waals surface area contributed by atoms with Crippen LogP contribution in [0.1, 0.15) is 33.6 Å². The van der Waals surface area contributed by atoms with Crippen LogP contribution in [0.25, 0.3) is 0 Å². The standard InChI is InChI=1S/C13H24N3O4.Fm/c1-4-10(15-8-17)12(18)16-11(9(3)6-7-14)13(19)20-5-2;/h9-11H,4-7,14H2,1-3H3,(H,15,17)(H,16,18);/q-1;. The minimum atomic E-state index is -0.770. The summed E-state index contributed by atoms with van der Waals surface area (Å²) in [5, 5.41) is 4.90. The third-order valence-corrected chi connectivity index (χ3v) is 2.99. The normalized spacial score (nSPS) is 14.1. The SMILES string of the molecule is CCOC(=O)C(NC(=O)C(CC)N[C-]=O)C(C)CCN.[Fm]. The van der Waals surface area contributed by atoms with Crippen molar-refractivity contribution >= 4 is 18.3 Å². The van der Waals surface area contributed by atoms with Gasteiger partial charge >= 0.3 is 5.97 Å². The second kappa shape index (κ2) is 11.2. The molecule has 0 rings (SSSR count). The van der Waals surface area contributed by atoms with Crippen LogP contribution in [0.3, 0.4) is 0 Å². The van der Waals surface area contributed by atoms with Crippen molar-refractivity contribution < 1.29 is 19.1 Å². The molecule has 3 unspecified atom stereocenters. The van der Waals surface area contributed by atoms with Crippen LogP contribution in [0.15, 0.2) is 0 Å². The Morgan fingerprint density at radius 1 is 1.33 bits per heavy atom. The molecule has 0 heterocycles. The zero-order valence-electron chi connectivity index (χ0n) is 12.6. The van der Waals surface area contributed by atoms with E-state index in [2.05, 4.69) is 10.6 Å². The first-order valence-corrected chi connectivity index (χ1v) is 6.81. The molecule has 0 aromatic heterocycles. The van der Waals surface area contributed by atoms with Crippen LogP contribution in [-0.4, -0.2) is 43.5 Å². The fraction of sp³-hybridized carbons (Fsp3) is 0.769. The minimum absolute atomic E-state index is 0. The Bertz CT molecular complexity index is 329. The maximum Gasteiger partial charge on any atom is 0.328 e. The van der Waals surface area contributed by atoms with E-state index < -0.39 is 24.0 Å². The van der Waals surface area contributed by atoms with Gasteiger partial charge in [-0.25, -0.2) is 4.79 Å². The van der Waals surface area contributed by atoms with E-state index in [1.54, 1.807) is 13.8 Å². The summed E-state index contributed by atoms with van der Waals surface area (Å²) in [4.78, 5) is 34.2. The summed E-state index contributed by atoms with van der Waals surface area (Å²) in [6.45, 7) is 5.90. The Morgan fingerprint density at radius 3 is 2.38 bits per heavy atom. The Hall–Kier alpha value is -2.63. The average molecular weight is 543 g/mol. The number of carbonyl (C=O) groups excluding carboxylic acids is 3. The van der Waals surface area contributed by atoms with Crippen molar-refractivity contribution in [1.82, 2.24) is 10.6 Å². The second-order valence-electron chi connectivity index (χ2n) is 4.50. The Morgan fingerprint density at radius 2 is 1.95 bits per heavy atom. The summed E-state index contributed by atoms with van der Waals surface area (Å²) < 4.78 is 4.95. The van der Waals surface area contributed by atoms with Crippen molar-refractivity contribution in [2.75, 3.05) is 13.2 Å². The number of esters is 1. The molecule has 7 nitrogen and oxygen atoms in total. The summed E-state index contributed by atoms with van der Waals surface area (Å²) in [7, 11) is 0. The summed E-state index contributed by atoms with van der Waals surface area (Å²) in [5.41, 5.74) is 5.48. The van der Waals surface area contributed by atoms with Gasteiger partial charge in [-0.2, -0.15) is 6.41 Å². The molecule has 0 radical (unpaired) electrons. The van der Waals surface area contributed by atoms with Crippen molar-refractivity contribution in [2.45, 2.75) is 45.7 Å². The first kappa shape index (κ1) is 20.7. The van der Waals surface area contributed by atoms with Gasteiger partial charge in [-0.05, 0) is 32.2 Å². The number of nitrogens with two attached hydrogens (primary N) is 1. The maximum absolute atomic E-state index is 12.0. The number of rotatable bonds is 10. The molecule has 128 valence electrons. The summed E-state index contributed by atoms with van der Waals surface area (Å²) in [5.74, 6) is -1.08. The van der Waals surface area contributed by atoms with Crippen molar-refractivity contribution in [3.63, 3.8) is 0 Å². The molecule has 0 aromatic rings.